The van der Waals surface area contributed by atoms with E-state index in [0.717, 1.165) is 12.8 Å². The summed E-state index contributed by atoms with van der Waals surface area (Å²) in [6.45, 7) is 3.78. The molecule has 0 saturated carbocycles. The predicted octanol–water partition coefficient (Wildman–Crippen LogP) is 1.91. The number of carbonyl (C=O) groups excluding carboxylic acids is 2. The van der Waals surface area contributed by atoms with Gasteiger partial charge in [0.15, 0.2) is 0 Å². The highest BCUT2D eigenvalue weighted by atomic mass is 16.8. The van der Waals surface area contributed by atoms with E-state index in [4.69, 9.17) is 14.2 Å². The minimum atomic E-state index is -0.742. The third-order valence-corrected chi connectivity index (χ3v) is 2.10. The van der Waals surface area contributed by atoms with Crippen LogP contribution in [0.25, 0.3) is 0 Å². The van der Waals surface area contributed by atoms with E-state index in [9.17, 15) is 9.59 Å². The molecule has 5 nitrogen and oxygen atoms in total. The first-order valence-electron chi connectivity index (χ1n) is 5.88. The number of hydrogen-bond acceptors (Lipinski definition) is 5. The third kappa shape index (κ3) is 4.99. The minimum Gasteiger partial charge on any atom is -0.432 e. The lowest BCUT2D eigenvalue weighted by molar-refractivity contribution is -0.203. The highest BCUT2D eigenvalue weighted by Crippen LogP contribution is 2.15. The van der Waals surface area contributed by atoms with E-state index in [0.29, 0.717) is 12.8 Å². The van der Waals surface area contributed by atoms with Crippen molar-refractivity contribution in [1.82, 2.24) is 0 Å². The van der Waals surface area contributed by atoms with Gasteiger partial charge in [-0.3, -0.25) is 14.3 Å². The first-order valence-corrected chi connectivity index (χ1v) is 5.88. The molecule has 0 spiro atoms. The second-order valence-electron chi connectivity index (χ2n) is 3.74. The summed E-state index contributed by atoms with van der Waals surface area (Å²) in [5.41, 5.74) is 0. The van der Waals surface area contributed by atoms with Gasteiger partial charge in [-0.25, -0.2) is 0 Å². The lowest BCUT2D eigenvalue weighted by Gasteiger charge is -2.14. The molecule has 0 aromatic rings. The monoisotopic (exact) mass is 242 g/mol. The molecule has 1 aliphatic heterocycles. The van der Waals surface area contributed by atoms with Crippen LogP contribution in [0.4, 0.5) is 0 Å². The Morgan fingerprint density at radius 2 is 1.41 bits per heavy atom. The van der Waals surface area contributed by atoms with Gasteiger partial charge in [0.2, 0.25) is 12.6 Å². The molecule has 1 rings (SSSR count). The standard InChI is InChI=1S/C12H18O5/c1-3-5-9(13)15-11-7-8-12(17-11)16-10(14)6-4-2/h7-8,11-12H,3-6H2,1-2H3. The molecule has 0 radical (unpaired) electrons. The van der Waals surface area contributed by atoms with Crippen LogP contribution in [0, 0.1) is 0 Å². The average Bonchev–Trinajstić information content (AvgIpc) is 2.66. The molecule has 0 aliphatic carbocycles. The Labute approximate surface area is 101 Å². The molecule has 0 bridgehead atoms. The van der Waals surface area contributed by atoms with Crippen LogP contribution in [0.15, 0.2) is 12.2 Å². The number of esters is 2. The number of ether oxygens (including phenoxy) is 3. The molecule has 96 valence electrons. The van der Waals surface area contributed by atoms with Crippen molar-refractivity contribution in [1.29, 1.82) is 0 Å². The van der Waals surface area contributed by atoms with E-state index in [1.807, 2.05) is 13.8 Å². The van der Waals surface area contributed by atoms with Crippen LogP contribution in [0.5, 0.6) is 0 Å². The van der Waals surface area contributed by atoms with Gasteiger partial charge < -0.3 is 9.47 Å². The zero-order valence-corrected chi connectivity index (χ0v) is 10.2. The molecule has 2 atom stereocenters. The quantitative estimate of drug-likeness (QED) is 0.526. The fourth-order valence-corrected chi connectivity index (χ4v) is 1.32. The first kappa shape index (κ1) is 13.7. The van der Waals surface area contributed by atoms with Crippen LogP contribution in [0.3, 0.4) is 0 Å². The van der Waals surface area contributed by atoms with Crippen LogP contribution >= 0.6 is 0 Å². The number of rotatable bonds is 6. The van der Waals surface area contributed by atoms with Crippen molar-refractivity contribution in [3.8, 4) is 0 Å². The SMILES string of the molecule is CCCC(=O)OC1C=CC(OC(=O)CCC)O1. The van der Waals surface area contributed by atoms with Crippen molar-refractivity contribution in [2.75, 3.05) is 0 Å². The average molecular weight is 242 g/mol. The van der Waals surface area contributed by atoms with E-state index in [-0.39, 0.29) is 11.9 Å². The first-order chi connectivity index (χ1) is 8.15. The maximum atomic E-state index is 11.2. The Morgan fingerprint density at radius 1 is 1.00 bits per heavy atom. The maximum Gasteiger partial charge on any atom is 0.308 e. The van der Waals surface area contributed by atoms with Gasteiger partial charge in [-0.1, -0.05) is 13.8 Å². The van der Waals surface area contributed by atoms with Gasteiger partial charge >= 0.3 is 11.9 Å². The Kier molecular flexibility index (Phi) is 5.69. The zero-order chi connectivity index (χ0) is 12.7. The van der Waals surface area contributed by atoms with Gasteiger partial charge in [0.1, 0.15) is 0 Å². The molecule has 1 aliphatic rings. The maximum absolute atomic E-state index is 11.2. The van der Waals surface area contributed by atoms with Crippen molar-refractivity contribution >= 4 is 11.9 Å². The predicted molar refractivity (Wildman–Crippen MR) is 59.8 cm³/mol. The molecule has 5 heteroatoms. The summed E-state index contributed by atoms with van der Waals surface area (Å²) in [4.78, 5) is 22.4. The second kappa shape index (κ2) is 7.06. The molecule has 0 aromatic carbocycles. The fourth-order valence-electron chi connectivity index (χ4n) is 1.32. The van der Waals surface area contributed by atoms with Gasteiger partial charge in [0.25, 0.3) is 0 Å². The molecular formula is C12H18O5. The Hall–Kier alpha value is -1.36. The van der Waals surface area contributed by atoms with Gasteiger partial charge in [0.05, 0.1) is 0 Å². The van der Waals surface area contributed by atoms with Crippen LogP contribution in [0.1, 0.15) is 39.5 Å². The zero-order valence-electron chi connectivity index (χ0n) is 10.2. The lowest BCUT2D eigenvalue weighted by Crippen LogP contribution is -2.22. The van der Waals surface area contributed by atoms with Gasteiger partial charge in [-0.05, 0) is 25.0 Å². The van der Waals surface area contributed by atoms with Crippen molar-refractivity contribution < 1.29 is 23.8 Å². The molecule has 0 N–H and O–H groups in total. The van der Waals surface area contributed by atoms with Crippen LogP contribution in [0.2, 0.25) is 0 Å². The summed E-state index contributed by atoms with van der Waals surface area (Å²) in [6.07, 6.45) is 3.81. The van der Waals surface area contributed by atoms with Crippen molar-refractivity contribution in [3.05, 3.63) is 12.2 Å². The molecule has 2 unspecified atom stereocenters. The second-order valence-corrected chi connectivity index (χ2v) is 3.74. The third-order valence-electron chi connectivity index (χ3n) is 2.10. The topological polar surface area (TPSA) is 61.8 Å². The fraction of sp³-hybridized carbons (Fsp3) is 0.667. The van der Waals surface area contributed by atoms with E-state index in [1.54, 1.807) is 12.2 Å². The Bertz CT molecular complexity index is 269. The van der Waals surface area contributed by atoms with E-state index in [2.05, 4.69) is 0 Å². The van der Waals surface area contributed by atoms with Gasteiger partial charge in [-0.15, -0.1) is 0 Å². The molecular weight excluding hydrogens is 224 g/mol. The van der Waals surface area contributed by atoms with E-state index < -0.39 is 12.6 Å². The summed E-state index contributed by atoms with van der Waals surface area (Å²) >= 11 is 0. The van der Waals surface area contributed by atoms with E-state index >= 15 is 0 Å². The summed E-state index contributed by atoms with van der Waals surface area (Å²) in [5.74, 6) is -0.634. The number of carbonyl (C=O) groups is 2. The molecule has 0 aromatic heterocycles. The largest absolute Gasteiger partial charge is 0.432 e. The summed E-state index contributed by atoms with van der Waals surface area (Å²) in [5, 5.41) is 0. The highest BCUT2D eigenvalue weighted by molar-refractivity contribution is 5.70. The Balaban J connectivity index is 2.26. The Morgan fingerprint density at radius 3 is 1.76 bits per heavy atom. The lowest BCUT2D eigenvalue weighted by atomic mass is 10.3. The number of hydrogen-bond donors (Lipinski definition) is 0. The molecule has 0 saturated heterocycles. The van der Waals surface area contributed by atoms with Crippen LogP contribution in [-0.2, 0) is 23.8 Å². The van der Waals surface area contributed by atoms with Crippen molar-refractivity contribution in [3.63, 3.8) is 0 Å². The van der Waals surface area contributed by atoms with Crippen molar-refractivity contribution in [2.24, 2.45) is 0 Å². The normalized spacial score (nSPS) is 22.5. The molecule has 1 heterocycles. The minimum absolute atomic E-state index is 0.317. The van der Waals surface area contributed by atoms with Crippen molar-refractivity contribution in [2.45, 2.75) is 52.1 Å². The van der Waals surface area contributed by atoms with E-state index in [1.165, 1.54) is 0 Å². The summed E-state index contributed by atoms with van der Waals surface area (Å²) < 4.78 is 15.2. The molecule has 0 amide bonds. The summed E-state index contributed by atoms with van der Waals surface area (Å²) in [7, 11) is 0. The van der Waals surface area contributed by atoms with Gasteiger partial charge in [-0.2, -0.15) is 0 Å². The summed E-state index contributed by atoms with van der Waals surface area (Å²) in [6, 6.07) is 0. The smallest absolute Gasteiger partial charge is 0.308 e. The molecule has 0 fully saturated rings. The highest BCUT2D eigenvalue weighted by Gasteiger charge is 2.24. The van der Waals surface area contributed by atoms with Crippen LogP contribution < -0.4 is 0 Å². The van der Waals surface area contributed by atoms with Gasteiger partial charge in [0, 0.05) is 12.8 Å². The van der Waals surface area contributed by atoms with Crippen LogP contribution in [-0.4, -0.2) is 24.5 Å². The molecule has 17 heavy (non-hydrogen) atoms.